The van der Waals surface area contributed by atoms with Gasteiger partial charge in [0.1, 0.15) is 0 Å². The molecule has 0 aromatic rings. The predicted octanol–water partition coefficient (Wildman–Crippen LogP) is -1.16. The van der Waals surface area contributed by atoms with E-state index in [1.807, 2.05) is 0 Å². The van der Waals surface area contributed by atoms with E-state index in [0.29, 0.717) is 0 Å². The lowest BCUT2D eigenvalue weighted by Gasteiger charge is -2.33. The number of carboxylic acids is 1. The molecule has 0 aromatic carbocycles. The van der Waals surface area contributed by atoms with E-state index in [1.54, 1.807) is 0 Å². The Bertz CT molecular complexity index is 433. The number of morpholine rings is 1. The Morgan fingerprint density at radius 2 is 1.90 bits per heavy atom. The molecule has 2 aliphatic heterocycles. The van der Waals surface area contributed by atoms with Crippen LogP contribution in [0.1, 0.15) is 19.3 Å². The van der Waals surface area contributed by atoms with Crippen LogP contribution in [0.5, 0.6) is 0 Å². The molecule has 8 heteroatoms. The molecule has 110 valence electrons. The third kappa shape index (κ3) is 2.96. The van der Waals surface area contributed by atoms with Crippen LogP contribution in [0.3, 0.4) is 0 Å². The van der Waals surface area contributed by atoms with Crippen LogP contribution >= 0.6 is 0 Å². The Morgan fingerprint density at radius 1 is 1.25 bits per heavy atom. The number of likely N-dealkylation sites (tertiary alicyclic amines) is 1. The molecule has 0 aliphatic carbocycles. The summed E-state index contributed by atoms with van der Waals surface area (Å²) in [6.45, 7) is 0.470. The minimum atomic E-state index is -1.12. The topological polar surface area (TPSA) is 104 Å². The van der Waals surface area contributed by atoms with Crippen LogP contribution < -0.4 is 0 Å². The van der Waals surface area contributed by atoms with Crippen LogP contribution in [-0.2, 0) is 23.9 Å². The average molecular weight is 284 g/mol. The van der Waals surface area contributed by atoms with E-state index in [1.165, 1.54) is 4.90 Å². The first kappa shape index (κ1) is 14.4. The van der Waals surface area contributed by atoms with E-state index in [0.717, 1.165) is 4.90 Å². The Morgan fingerprint density at radius 3 is 2.50 bits per heavy atom. The predicted molar refractivity (Wildman–Crippen MR) is 64.5 cm³/mol. The molecule has 0 spiro atoms. The van der Waals surface area contributed by atoms with E-state index in [9.17, 15) is 19.2 Å². The summed E-state index contributed by atoms with van der Waals surface area (Å²) in [7, 11) is 0. The van der Waals surface area contributed by atoms with Crippen molar-refractivity contribution in [3.8, 4) is 0 Å². The number of rotatable bonds is 4. The number of carbonyl (C=O) groups is 4. The summed E-state index contributed by atoms with van der Waals surface area (Å²) in [5.74, 6) is -2.06. The zero-order valence-corrected chi connectivity index (χ0v) is 10.9. The Kier molecular flexibility index (Phi) is 4.33. The molecule has 2 rings (SSSR count). The van der Waals surface area contributed by atoms with Gasteiger partial charge in [-0.15, -0.1) is 0 Å². The van der Waals surface area contributed by atoms with Crippen LogP contribution in [0.25, 0.3) is 0 Å². The van der Waals surface area contributed by atoms with Gasteiger partial charge in [-0.3, -0.25) is 19.3 Å². The number of carboxylic acid groups (broad SMARTS) is 1. The lowest BCUT2D eigenvalue weighted by atomic mass is 10.2. The molecule has 1 unspecified atom stereocenters. The van der Waals surface area contributed by atoms with Gasteiger partial charge in [0.25, 0.3) is 0 Å². The van der Waals surface area contributed by atoms with Gasteiger partial charge in [0, 0.05) is 32.4 Å². The number of hydrogen-bond donors (Lipinski definition) is 1. The van der Waals surface area contributed by atoms with Crippen LogP contribution in [0.4, 0.5) is 0 Å². The summed E-state index contributed by atoms with van der Waals surface area (Å²) in [6, 6.07) is -0.999. The van der Waals surface area contributed by atoms with E-state index < -0.39 is 12.0 Å². The van der Waals surface area contributed by atoms with Gasteiger partial charge in [-0.25, -0.2) is 4.79 Å². The molecule has 3 amide bonds. The maximum Gasteiger partial charge on any atom is 0.328 e. The fourth-order valence-electron chi connectivity index (χ4n) is 2.33. The highest BCUT2D eigenvalue weighted by atomic mass is 16.5. The molecule has 20 heavy (non-hydrogen) atoms. The van der Waals surface area contributed by atoms with Gasteiger partial charge in [0.05, 0.1) is 13.2 Å². The summed E-state index contributed by atoms with van der Waals surface area (Å²) in [6.07, 6.45) is 0.311. The Balaban J connectivity index is 1.92. The SMILES string of the molecule is O=C(O)C1COCCN1C(=O)CCN1C(=O)CCC1=O. The lowest BCUT2D eigenvalue weighted by Crippen LogP contribution is -2.53. The summed E-state index contributed by atoms with van der Waals surface area (Å²) < 4.78 is 5.04. The zero-order valence-electron chi connectivity index (χ0n) is 10.9. The van der Waals surface area contributed by atoms with Crippen molar-refractivity contribution in [3.05, 3.63) is 0 Å². The average Bonchev–Trinajstić information content (AvgIpc) is 2.75. The normalized spacial score (nSPS) is 23.3. The Hall–Kier alpha value is -1.96. The van der Waals surface area contributed by atoms with E-state index >= 15 is 0 Å². The molecule has 2 fully saturated rings. The van der Waals surface area contributed by atoms with Crippen LogP contribution in [0.15, 0.2) is 0 Å². The standard InChI is InChI=1S/C12H16N2O6/c15-9-1-2-10(16)14(9)4-3-11(17)13-5-6-20-7-8(13)12(18)19/h8H,1-7H2,(H,18,19). The third-order valence-electron chi connectivity index (χ3n) is 3.44. The maximum atomic E-state index is 12.0. The molecular formula is C12H16N2O6. The quantitative estimate of drug-likeness (QED) is 0.653. The van der Waals surface area contributed by atoms with Crippen molar-refractivity contribution in [1.82, 2.24) is 9.80 Å². The van der Waals surface area contributed by atoms with Crippen LogP contribution in [0.2, 0.25) is 0 Å². The van der Waals surface area contributed by atoms with E-state index in [4.69, 9.17) is 9.84 Å². The van der Waals surface area contributed by atoms with Crippen molar-refractivity contribution in [3.63, 3.8) is 0 Å². The second-order valence-electron chi connectivity index (χ2n) is 4.71. The van der Waals surface area contributed by atoms with Crippen molar-refractivity contribution < 1.29 is 29.0 Å². The van der Waals surface area contributed by atoms with Gasteiger partial charge in [-0.05, 0) is 0 Å². The van der Waals surface area contributed by atoms with Crippen molar-refractivity contribution in [2.24, 2.45) is 0 Å². The molecule has 1 N–H and O–H groups in total. The lowest BCUT2D eigenvalue weighted by molar-refractivity contribution is -0.158. The fraction of sp³-hybridized carbons (Fsp3) is 0.667. The molecule has 0 saturated carbocycles. The molecule has 8 nitrogen and oxygen atoms in total. The first-order valence-electron chi connectivity index (χ1n) is 6.44. The fourth-order valence-corrected chi connectivity index (χ4v) is 2.33. The summed E-state index contributed by atoms with van der Waals surface area (Å²) >= 11 is 0. The monoisotopic (exact) mass is 284 g/mol. The molecule has 0 aromatic heterocycles. The Labute approximate surface area is 115 Å². The molecule has 0 radical (unpaired) electrons. The van der Waals surface area contributed by atoms with Crippen molar-refractivity contribution in [2.45, 2.75) is 25.3 Å². The summed E-state index contributed by atoms with van der Waals surface area (Å²) in [5, 5.41) is 9.03. The highest BCUT2D eigenvalue weighted by Gasteiger charge is 2.34. The highest BCUT2D eigenvalue weighted by Crippen LogP contribution is 2.14. The molecule has 2 aliphatic rings. The number of amides is 3. The van der Waals surface area contributed by atoms with E-state index in [2.05, 4.69) is 0 Å². The number of aliphatic carboxylic acids is 1. The highest BCUT2D eigenvalue weighted by molar-refractivity contribution is 6.02. The third-order valence-corrected chi connectivity index (χ3v) is 3.44. The smallest absolute Gasteiger partial charge is 0.328 e. The summed E-state index contributed by atoms with van der Waals surface area (Å²) in [4.78, 5) is 48.2. The first-order chi connectivity index (χ1) is 9.50. The number of ether oxygens (including phenoxy) is 1. The molecule has 1 atom stereocenters. The van der Waals surface area contributed by atoms with Gasteiger partial charge in [0.15, 0.2) is 6.04 Å². The second-order valence-corrected chi connectivity index (χ2v) is 4.71. The van der Waals surface area contributed by atoms with Crippen LogP contribution in [0, 0.1) is 0 Å². The van der Waals surface area contributed by atoms with Crippen molar-refractivity contribution in [2.75, 3.05) is 26.3 Å². The van der Waals surface area contributed by atoms with Crippen LogP contribution in [-0.4, -0.2) is 70.9 Å². The molecule has 0 bridgehead atoms. The van der Waals surface area contributed by atoms with E-state index in [-0.39, 0.29) is 63.3 Å². The number of hydrogen-bond acceptors (Lipinski definition) is 5. The molecule has 2 heterocycles. The number of carbonyl (C=O) groups excluding carboxylic acids is 3. The van der Waals surface area contributed by atoms with Crippen molar-refractivity contribution in [1.29, 1.82) is 0 Å². The minimum absolute atomic E-state index is 0.0141. The second kappa shape index (κ2) is 6.00. The number of nitrogens with zero attached hydrogens (tertiary/aromatic N) is 2. The first-order valence-corrected chi connectivity index (χ1v) is 6.44. The number of imide groups is 1. The van der Waals surface area contributed by atoms with Gasteiger partial charge in [-0.1, -0.05) is 0 Å². The zero-order chi connectivity index (χ0) is 14.7. The maximum absolute atomic E-state index is 12.0. The summed E-state index contributed by atoms with van der Waals surface area (Å²) in [5.41, 5.74) is 0. The van der Waals surface area contributed by atoms with Gasteiger partial charge >= 0.3 is 5.97 Å². The van der Waals surface area contributed by atoms with Gasteiger partial charge in [-0.2, -0.15) is 0 Å². The minimum Gasteiger partial charge on any atom is -0.480 e. The van der Waals surface area contributed by atoms with Crippen molar-refractivity contribution >= 4 is 23.7 Å². The van der Waals surface area contributed by atoms with Gasteiger partial charge in [0.2, 0.25) is 17.7 Å². The molecule has 2 saturated heterocycles. The van der Waals surface area contributed by atoms with Gasteiger partial charge < -0.3 is 14.7 Å². The largest absolute Gasteiger partial charge is 0.480 e. The molecular weight excluding hydrogens is 268 g/mol.